The molecule has 94 valence electrons. The van der Waals surface area contributed by atoms with Crippen molar-refractivity contribution in [3.05, 3.63) is 30.1 Å². The summed E-state index contributed by atoms with van der Waals surface area (Å²) < 4.78 is 5.87. The van der Waals surface area contributed by atoms with Crippen LogP contribution >= 0.6 is 0 Å². The minimum atomic E-state index is 0.0960. The zero-order chi connectivity index (χ0) is 12.4. The predicted molar refractivity (Wildman–Crippen MR) is 67.0 cm³/mol. The van der Waals surface area contributed by atoms with Crippen LogP contribution in [0.1, 0.15) is 32.4 Å². The lowest BCUT2D eigenvalue weighted by Gasteiger charge is -2.28. The molecule has 5 unspecified atom stereocenters. The van der Waals surface area contributed by atoms with E-state index in [4.69, 9.17) is 10.6 Å². The molecule has 0 saturated carbocycles. The summed E-state index contributed by atoms with van der Waals surface area (Å²) in [7, 11) is 0. The number of nitrogens with two attached hydrogens (primary N) is 1. The van der Waals surface area contributed by atoms with Crippen LogP contribution in [-0.4, -0.2) is 17.2 Å². The van der Waals surface area contributed by atoms with E-state index in [-0.39, 0.29) is 18.2 Å². The van der Waals surface area contributed by atoms with Gasteiger partial charge in [0.25, 0.3) is 0 Å². The van der Waals surface area contributed by atoms with Crippen LogP contribution in [0, 0.1) is 11.8 Å². The normalized spacial score (nSPS) is 34.8. The molecule has 0 radical (unpaired) electrons. The SMILES string of the molecule is CC1OC(C)C(C(NN)c2cccnc2)C1C. The van der Waals surface area contributed by atoms with Gasteiger partial charge in [-0.05, 0) is 31.4 Å². The van der Waals surface area contributed by atoms with E-state index in [1.54, 1.807) is 6.20 Å². The highest BCUT2D eigenvalue weighted by Crippen LogP contribution is 2.39. The number of hydrazine groups is 1. The summed E-state index contributed by atoms with van der Waals surface area (Å²) in [5, 5.41) is 0. The lowest BCUT2D eigenvalue weighted by molar-refractivity contribution is 0.0475. The fourth-order valence-corrected chi connectivity index (χ4v) is 2.86. The molecule has 0 aliphatic carbocycles. The number of hydrogen-bond donors (Lipinski definition) is 2. The maximum atomic E-state index is 5.87. The van der Waals surface area contributed by atoms with Gasteiger partial charge < -0.3 is 4.74 Å². The third-order valence-electron chi connectivity index (χ3n) is 3.93. The first-order valence-corrected chi connectivity index (χ1v) is 6.16. The Bertz CT molecular complexity index is 357. The van der Waals surface area contributed by atoms with Crippen molar-refractivity contribution in [2.75, 3.05) is 0 Å². The van der Waals surface area contributed by atoms with E-state index in [0.717, 1.165) is 5.56 Å². The quantitative estimate of drug-likeness (QED) is 0.617. The van der Waals surface area contributed by atoms with Gasteiger partial charge in [-0.1, -0.05) is 13.0 Å². The smallest absolute Gasteiger partial charge is 0.0601 e. The van der Waals surface area contributed by atoms with Crippen LogP contribution in [-0.2, 0) is 4.74 Å². The van der Waals surface area contributed by atoms with Gasteiger partial charge in [-0.25, -0.2) is 0 Å². The van der Waals surface area contributed by atoms with E-state index in [1.807, 2.05) is 12.3 Å². The fourth-order valence-electron chi connectivity index (χ4n) is 2.86. The first-order valence-electron chi connectivity index (χ1n) is 6.16. The summed E-state index contributed by atoms with van der Waals surface area (Å²) in [6.07, 6.45) is 4.13. The van der Waals surface area contributed by atoms with Gasteiger partial charge >= 0.3 is 0 Å². The van der Waals surface area contributed by atoms with Crippen molar-refractivity contribution < 1.29 is 4.74 Å². The Morgan fingerprint density at radius 1 is 1.35 bits per heavy atom. The molecule has 1 aliphatic rings. The lowest BCUT2D eigenvalue weighted by atomic mass is 9.81. The summed E-state index contributed by atoms with van der Waals surface area (Å²) >= 11 is 0. The summed E-state index contributed by atoms with van der Waals surface area (Å²) in [6, 6.07) is 4.09. The molecule has 0 amide bonds. The number of hydrogen-bond acceptors (Lipinski definition) is 4. The Kier molecular flexibility index (Phi) is 3.76. The second-order valence-corrected chi connectivity index (χ2v) is 4.91. The standard InChI is InChI=1S/C13H21N3O/c1-8-9(2)17-10(3)12(8)13(16-14)11-5-4-6-15-7-11/h4-10,12-13,16H,14H2,1-3H3. The highest BCUT2D eigenvalue weighted by molar-refractivity contribution is 5.16. The van der Waals surface area contributed by atoms with Gasteiger partial charge in [-0.2, -0.15) is 0 Å². The van der Waals surface area contributed by atoms with Gasteiger partial charge in [-0.3, -0.25) is 16.3 Å². The van der Waals surface area contributed by atoms with Crippen LogP contribution in [0.15, 0.2) is 24.5 Å². The van der Waals surface area contributed by atoms with Crippen LogP contribution < -0.4 is 11.3 Å². The van der Waals surface area contributed by atoms with Crippen LogP contribution in [0.25, 0.3) is 0 Å². The number of nitrogens with one attached hydrogen (secondary N) is 1. The average molecular weight is 235 g/mol. The predicted octanol–water partition coefficient (Wildman–Crippen LogP) is 1.65. The number of pyridine rings is 1. The summed E-state index contributed by atoms with van der Waals surface area (Å²) in [6.45, 7) is 6.46. The Hall–Kier alpha value is -0.970. The Morgan fingerprint density at radius 2 is 2.12 bits per heavy atom. The third kappa shape index (κ3) is 2.34. The molecule has 1 saturated heterocycles. The Labute approximate surface area is 103 Å². The number of ether oxygens (including phenoxy) is 1. The molecule has 2 heterocycles. The molecular formula is C13H21N3O. The molecule has 0 spiro atoms. The Morgan fingerprint density at radius 3 is 2.59 bits per heavy atom. The molecule has 5 atom stereocenters. The van der Waals surface area contributed by atoms with Gasteiger partial charge in [0.2, 0.25) is 0 Å². The minimum absolute atomic E-state index is 0.0960. The molecule has 1 aromatic heterocycles. The van der Waals surface area contributed by atoms with Crippen LogP contribution in [0.2, 0.25) is 0 Å². The van der Waals surface area contributed by atoms with Crippen molar-refractivity contribution in [3.8, 4) is 0 Å². The molecule has 4 heteroatoms. The van der Waals surface area contributed by atoms with Crippen molar-refractivity contribution in [1.82, 2.24) is 10.4 Å². The van der Waals surface area contributed by atoms with Gasteiger partial charge in [0.05, 0.1) is 18.2 Å². The number of nitrogens with zero attached hydrogens (tertiary/aromatic N) is 1. The monoisotopic (exact) mass is 235 g/mol. The van der Waals surface area contributed by atoms with E-state index >= 15 is 0 Å². The van der Waals surface area contributed by atoms with Gasteiger partial charge in [0.1, 0.15) is 0 Å². The van der Waals surface area contributed by atoms with E-state index in [9.17, 15) is 0 Å². The third-order valence-corrected chi connectivity index (χ3v) is 3.93. The van der Waals surface area contributed by atoms with Crippen LogP contribution in [0.3, 0.4) is 0 Å². The molecule has 0 aromatic carbocycles. The second-order valence-electron chi connectivity index (χ2n) is 4.91. The molecule has 4 nitrogen and oxygen atoms in total. The first kappa shape index (κ1) is 12.5. The first-order chi connectivity index (χ1) is 8.15. The molecule has 1 fully saturated rings. The largest absolute Gasteiger partial charge is 0.375 e. The molecule has 0 bridgehead atoms. The topological polar surface area (TPSA) is 60.2 Å². The molecule has 17 heavy (non-hydrogen) atoms. The van der Waals surface area contributed by atoms with Crippen LogP contribution in [0.5, 0.6) is 0 Å². The van der Waals surface area contributed by atoms with E-state index in [0.29, 0.717) is 11.8 Å². The maximum Gasteiger partial charge on any atom is 0.0601 e. The van der Waals surface area contributed by atoms with Crippen molar-refractivity contribution >= 4 is 0 Å². The molecular weight excluding hydrogens is 214 g/mol. The Balaban J connectivity index is 2.24. The molecule has 1 aliphatic heterocycles. The van der Waals surface area contributed by atoms with Gasteiger partial charge in [0, 0.05) is 18.3 Å². The summed E-state index contributed by atoms with van der Waals surface area (Å²) in [5.41, 5.74) is 4.04. The van der Waals surface area contributed by atoms with E-state index in [2.05, 4.69) is 37.2 Å². The summed E-state index contributed by atoms with van der Waals surface area (Å²) in [5.74, 6) is 6.57. The maximum absolute atomic E-state index is 5.87. The highest BCUT2D eigenvalue weighted by atomic mass is 16.5. The molecule has 2 rings (SSSR count). The lowest BCUT2D eigenvalue weighted by Crippen LogP contribution is -2.38. The fraction of sp³-hybridized carbons (Fsp3) is 0.615. The summed E-state index contributed by atoms with van der Waals surface area (Å²) in [4.78, 5) is 4.16. The molecule has 1 aromatic rings. The molecule has 3 N–H and O–H groups in total. The zero-order valence-electron chi connectivity index (χ0n) is 10.6. The van der Waals surface area contributed by atoms with Crippen molar-refractivity contribution in [2.45, 2.75) is 39.0 Å². The minimum Gasteiger partial charge on any atom is -0.375 e. The van der Waals surface area contributed by atoms with E-state index < -0.39 is 0 Å². The zero-order valence-corrected chi connectivity index (χ0v) is 10.6. The average Bonchev–Trinajstić information content (AvgIpc) is 2.58. The van der Waals surface area contributed by atoms with Crippen molar-refractivity contribution in [2.24, 2.45) is 17.7 Å². The van der Waals surface area contributed by atoms with Gasteiger partial charge in [-0.15, -0.1) is 0 Å². The number of aromatic nitrogens is 1. The van der Waals surface area contributed by atoms with E-state index in [1.165, 1.54) is 0 Å². The van der Waals surface area contributed by atoms with Crippen LogP contribution in [0.4, 0.5) is 0 Å². The van der Waals surface area contributed by atoms with Crippen molar-refractivity contribution in [3.63, 3.8) is 0 Å². The van der Waals surface area contributed by atoms with Crippen molar-refractivity contribution in [1.29, 1.82) is 0 Å². The number of rotatable bonds is 3. The highest BCUT2D eigenvalue weighted by Gasteiger charge is 2.41. The second kappa shape index (κ2) is 5.12. The van der Waals surface area contributed by atoms with Gasteiger partial charge in [0.15, 0.2) is 0 Å².